The standard InChI is InChI=1S/C24H32ClN5O4.2ClH/c1-24(32)7-3-8-30(24)23-27-16-18(20(31)6-9-29-10-12-34-13-11-29)22(28-23)26-15-17-4-5-21(33-2)19(25)14-17;;/h4-5,14,16,32H,3,6-13,15H2,1-2H3,(H,26,27,28);2*1H/t24-;;/m0../s1. The Hall–Kier alpha value is -1.88. The van der Waals surface area contributed by atoms with Crippen LogP contribution in [-0.2, 0) is 11.3 Å². The molecule has 1 aromatic heterocycles. The van der Waals surface area contributed by atoms with E-state index in [4.69, 9.17) is 21.1 Å². The summed E-state index contributed by atoms with van der Waals surface area (Å²) in [4.78, 5) is 26.3. The molecule has 3 heterocycles. The minimum atomic E-state index is -1.01. The fourth-order valence-corrected chi connectivity index (χ4v) is 4.61. The first-order chi connectivity index (χ1) is 16.4. The highest BCUT2D eigenvalue weighted by atomic mass is 35.5. The molecule has 1 aromatic carbocycles. The lowest BCUT2D eigenvalue weighted by atomic mass is 10.1. The molecule has 0 aliphatic carbocycles. The minimum Gasteiger partial charge on any atom is -0.495 e. The summed E-state index contributed by atoms with van der Waals surface area (Å²) in [5.74, 6) is 1.43. The smallest absolute Gasteiger partial charge is 0.229 e. The number of anilines is 2. The van der Waals surface area contributed by atoms with Crippen molar-refractivity contribution in [3.63, 3.8) is 0 Å². The van der Waals surface area contributed by atoms with Crippen molar-refractivity contribution in [1.29, 1.82) is 0 Å². The number of halogens is 3. The lowest BCUT2D eigenvalue weighted by Gasteiger charge is -2.30. The number of aromatic nitrogens is 2. The third kappa shape index (κ3) is 7.34. The maximum absolute atomic E-state index is 13.1. The van der Waals surface area contributed by atoms with Crippen LogP contribution < -0.4 is 15.0 Å². The molecule has 0 bridgehead atoms. The fourth-order valence-electron chi connectivity index (χ4n) is 4.33. The Labute approximate surface area is 229 Å². The zero-order chi connectivity index (χ0) is 24.1. The topological polar surface area (TPSA) is 100 Å². The number of hydrogen-bond acceptors (Lipinski definition) is 9. The van der Waals surface area contributed by atoms with Crippen molar-refractivity contribution < 1.29 is 19.4 Å². The van der Waals surface area contributed by atoms with Crippen LogP contribution >= 0.6 is 36.4 Å². The molecule has 200 valence electrons. The van der Waals surface area contributed by atoms with Gasteiger partial charge in [-0.1, -0.05) is 17.7 Å². The van der Waals surface area contributed by atoms with Gasteiger partial charge in [0.15, 0.2) is 5.78 Å². The largest absolute Gasteiger partial charge is 0.495 e. The van der Waals surface area contributed by atoms with Crippen LogP contribution in [0.2, 0.25) is 5.02 Å². The monoisotopic (exact) mass is 561 g/mol. The molecule has 2 aliphatic rings. The van der Waals surface area contributed by atoms with E-state index in [-0.39, 0.29) is 30.6 Å². The summed E-state index contributed by atoms with van der Waals surface area (Å²) in [6.45, 7) is 6.55. The van der Waals surface area contributed by atoms with Crippen LogP contribution in [0.3, 0.4) is 0 Å². The van der Waals surface area contributed by atoms with Crippen LogP contribution in [0.25, 0.3) is 0 Å². The van der Waals surface area contributed by atoms with E-state index in [9.17, 15) is 9.90 Å². The van der Waals surface area contributed by atoms with E-state index in [1.165, 1.54) is 0 Å². The number of Topliss-reactive ketones (excluding diaryl/α,β-unsaturated/α-hetero) is 1. The highest BCUT2D eigenvalue weighted by molar-refractivity contribution is 6.32. The second-order valence-electron chi connectivity index (χ2n) is 8.85. The third-order valence-corrected chi connectivity index (χ3v) is 6.66. The van der Waals surface area contributed by atoms with Gasteiger partial charge in [-0.2, -0.15) is 4.98 Å². The van der Waals surface area contributed by atoms with Crippen molar-refractivity contribution in [2.75, 3.05) is 56.7 Å². The molecule has 0 unspecified atom stereocenters. The van der Waals surface area contributed by atoms with Gasteiger partial charge in [0.25, 0.3) is 0 Å². The van der Waals surface area contributed by atoms with E-state index < -0.39 is 5.72 Å². The molecule has 12 heteroatoms. The molecule has 2 aliphatic heterocycles. The molecule has 2 aromatic rings. The Balaban J connectivity index is 0.00000228. The summed E-state index contributed by atoms with van der Waals surface area (Å²) in [6.07, 6.45) is 3.43. The Bertz CT molecular complexity index is 1020. The second-order valence-corrected chi connectivity index (χ2v) is 9.26. The van der Waals surface area contributed by atoms with Gasteiger partial charge in [-0.25, -0.2) is 4.98 Å². The SMILES string of the molecule is COc1ccc(CNc2nc(N3CCC[C@]3(C)O)ncc2C(=O)CCN2CCOCC2)cc1Cl.Cl.Cl. The maximum atomic E-state index is 13.1. The molecule has 36 heavy (non-hydrogen) atoms. The molecule has 4 rings (SSSR count). The quantitative estimate of drug-likeness (QED) is 0.442. The van der Waals surface area contributed by atoms with E-state index in [1.54, 1.807) is 31.2 Å². The van der Waals surface area contributed by atoms with Crippen LogP contribution in [0.4, 0.5) is 11.8 Å². The van der Waals surface area contributed by atoms with Crippen LogP contribution in [0.5, 0.6) is 5.75 Å². The van der Waals surface area contributed by atoms with E-state index in [2.05, 4.69) is 20.2 Å². The third-order valence-electron chi connectivity index (χ3n) is 6.37. The summed E-state index contributed by atoms with van der Waals surface area (Å²) in [6, 6.07) is 5.53. The number of rotatable bonds is 9. The first-order valence-electron chi connectivity index (χ1n) is 11.6. The second kappa shape index (κ2) is 13.6. The first-order valence-corrected chi connectivity index (χ1v) is 12.0. The highest BCUT2D eigenvalue weighted by Gasteiger charge is 2.36. The van der Waals surface area contributed by atoms with Gasteiger partial charge in [-0.15, -0.1) is 24.8 Å². The van der Waals surface area contributed by atoms with Gasteiger partial charge in [-0.05, 0) is 37.5 Å². The Morgan fingerprint density at radius 2 is 2.03 bits per heavy atom. The van der Waals surface area contributed by atoms with Crippen molar-refractivity contribution >= 4 is 54.0 Å². The lowest BCUT2D eigenvalue weighted by molar-refractivity contribution is 0.0370. The van der Waals surface area contributed by atoms with E-state index in [0.717, 1.165) is 25.1 Å². The number of nitrogens with zero attached hydrogens (tertiary/aromatic N) is 4. The summed E-state index contributed by atoms with van der Waals surface area (Å²) in [7, 11) is 1.57. The number of ketones is 1. The number of ether oxygens (including phenoxy) is 2. The van der Waals surface area contributed by atoms with Crippen molar-refractivity contribution in [2.24, 2.45) is 0 Å². The van der Waals surface area contributed by atoms with Crippen molar-refractivity contribution in [1.82, 2.24) is 14.9 Å². The van der Waals surface area contributed by atoms with Crippen LogP contribution in [-0.4, -0.2) is 78.0 Å². The summed E-state index contributed by atoms with van der Waals surface area (Å²) in [5, 5.41) is 14.5. The van der Waals surface area contributed by atoms with Gasteiger partial charge >= 0.3 is 0 Å². The first kappa shape index (κ1) is 30.3. The minimum absolute atomic E-state index is 0. The zero-order valence-corrected chi connectivity index (χ0v) is 22.9. The average Bonchev–Trinajstić information content (AvgIpc) is 3.20. The van der Waals surface area contributed by atoms with E-state index in [1.807, 2.05) is 12.1 Å². The van der Waals surface area contributed by atoms with Crippen LogP contribution in [0.1, 0.15) is 42.1 Å². The van der Waals surface area contributed by atoms with Gasteiger partial charge in [0.05, 0.1) is 30.9 Å². The molecule has 1 atom stereocenters. The molecular weight excluding hydrogens is 529 g/mol. The number of aliphatic hydroxyl groups is 1. The predicted molar refractivity (Wildman–Crippen MR) is 145 cm³/mol. The number of methoxy groups -OCH3 is 1. The highest BCUT2D eigenvalue weighted by Crippen LogP contribution is 2.31. The van der Waals surface area contributed by atoms with Crippen LogP contribution in [0, 0.1) is 0 Å². The fraction of sp³-hybridized carbons (Fsp3) is 0.542. The molecule has 2 N–H and O–H groups in total. The molecule has 2 saturated heterocycles. The summed E-state index contributed by atoms with van der Waals surface area (Å²) in [5.41, 5.74) is 0.351. The Morgan fingerprint density at radius 1 is 1.28 bits per heavy atom. The molecule has 0 spiro atoms. The Kier molecular flexibility index (Phi) is 11.5. The number of morpholine rings is 1. The molecule has 9 nitrogen and oxygen atoms in total. The van der Waals surface area contributed by atoms with E-state index in [0.29, 0.717) is 73.8 Å². The van der Waals surface area contributed by atoms with Gasteiger partial charge in [0, 0.05) is 45.3 Å². The Morgan fingerprint density at radius 3 is 2.67 bits per heavy atom. The van der Waals surface area contributed by atoms with Gasteiger partial charge in [0.1, 0.15) is 17.3 Å². The number of nitrogens with one attached hydrogen (secondary N) is 1. The number of carbonyl (C=O) groups is 1. The summed E-state index contributed by atoms with van der Waals surface area (Å²) >= 11 is 6.27. The average molecular weight is 563 g/mol. The molecule has 0 amide bonds. The van der Waals surface area contributed by atoms with Crippen molar-refractivity contribution in [3.05, 3.63) is 40.5 Å². The van der Waals surface area contributed by atoms with Gasteiger partial charge in [0.2, 0.25) is 5.95 Å². The number of hydrogen-bond donors (Lipinski definition) is 2. The van der Waals surface area contributed by atoms with Gasteiger partial charge < -0.3 is 24.8 Å². The maximum Gasteiger partial charge on any atom is 0.229 e. The van der Waals surface area contributed by atoms with Crippen molar-refractivity contribution in [2.45, 2.75) is 38.5 Å². The summed E-state index contributed by atoms with van der Waals surface area (Å²) < 4.78 is 10.6. The molecular formula is C24H34Cl3N5O4. The molecule has 2 fully saturated rings. The normalized spacial score (nSPS) is 19.8. The molecule has 0 saturated carbocycles. The van der Waals surface area contributed by atoms with Crippen molar-refractivity contribution in [3.8, 4) is 5.75 Å². The lowest BCUT2D eigenvalue weighted by Crippen LogP contribution is -2.42. The van der Waals surface area contributed by atoms with Crippen LogP contribution in [0.15, 0.2) is 24.4 Å². The zero-order valence-electron chi connectivity index (χ0n) is 20.5. The number of carbonyl (C=O) groups excluding carboxylic acids is 1. The predicted octanol–water partition coefficient (Wildman–Crippen LogP) is 3.81. The molecule has 0 radical (unpaired) electrons. The van der Waals surface area contributed by atoms with E-state index >= 15 is 0 Å². The van der Waals surface area contributed by atoms with Gasteiger partial charge in [-0.3, -0.25) is 9.69 Å². The number of benzene rings is 1.